The van der Waals surface area contributed by atoms with Gasteiger partial charge in [0.1, 0.15) is 0 Å². The van der Waals surface area contributed by atoms with Crippen LogP contribution in [0.4, 0.5) is 5.69 Å². The Kier molecular flexibility index (Phi) is 5.37. The number of anilines is 1. The number of benzene rings is 1. The summed E-state index contributed by atoms with van der Waals surface area (Å²) in [5.74, 6) is -0.268. The molecule has 0 spiro atoms. The molecule has 9 heteroatoms. The summed E-state index contributed by atoms with van der Waals surface area (Å²) in [5.41, 5.74) is 0.398. The Morgan fingerprint density at radius 3 is 2.81 bits per heavy atom. The maximum atomic E-state index is 12.1. The highest BCUT2D eigenvalue weighted by Crippen LogP contribution is 2.24. The molecule has 0 atom stereocenters. The minimum absolute atomic E-state index is 0.00395. The normalized spacial score (nSPS) is 10.7. The van der Waals surface area contributed by atoms with Crippen LogP contribution in [0.5, 0.6) is 0 Å². The Morgan fingerprint density at radius 1 is 1.27 bits per heavy atom. The van der Waals surface area contributed by atoms with Crippen LogP contribution in [0.2, 0.25) is 0 Å². The van der Waals surface area contributed by atoms with Crippen LogP contribution in [0.15, 0.2) is 52.2 Å². The second-order valence-corrected chi connectivity index (χ2v) is 6.18. The summed E-state index contributed by atoms with van der Waals surface area (Å²) in [6.07, 6.45) is 1.56. The molecule has 26 heavy (non-hydrogen) atoms. The number of thioether (sulfide) groups is 1. The Balaban J connectivity index is 1.65. The van der Waals surface area contributed by atoms with Crippen molar-refractivity contribution in [1.82, 2.24) is 14.8 Å². The van der Waals surface area contributed by atoms with Gasteiger partial charge in [-0.1, -0.05) is 23.9 Å². The zero-order valence-corrected chi connectivity index (χ0v) is 14.7. The molecular weight excluding hydrogens is 356 g/mol. The molecule has 0 fully saturated rings. The van der Waals surface area contributed by atoms with Crippen molar-refractivity contribution in [3.05, 3.63) is 48.2 Å². The van der Waals surface area contributed by atoms with Crippen molar-refractivity contribution in [3.8, 4) is 11.6 Å². The maximum absolute atomic E-state index is 12.1. The molecule has 134 valence electrons. The van der Waals surface area contributed by atoms with Gasteiger partial charge in [0, 0.05) is 12.2 Å². The molecule has 0 aliphatic carbocycles. The van der Waals surface area contributed by atoms with E-state index in [0.29, 0.717) is 29.0 Å². The predicted molar refractivity (Wildman–Crippen MR) is 93.5 cm³/mol. The van der Waals surface area contributed by atoms with Gasteiger partial charge >= 0.3 is 0 Å². The summed E-state index contributed by atoms with van der Waals surface area (Å²) in [6.45, 7) is 2.58. The van der Waals surface area contributed by atoms with Gasteiger partial charge in [-0.05, 0) is 36.8 Å². The number of carbonyl (C=O) groups is 2. The summed E-state index contributed by atoms with van der Waals surface area (Å²) >= 11 is 1.23. The van der Waals surface area contributed by atoms with Crippen LogP contribution >= 0.6 is 11.8 Å². The van der Waals surface area contributed by atoms with E-state index in [0.717, 1.165) is 0 Å². The van der Waals surface area contributed by atoms with Gasteiger partial charge in [0.25, 0.3) is 0 Å². The number of hydrogen-bond acceptors (Lipinski definition) is 7. The number of rotatable bonds is 7. The van der Waals surface area contributed by atoms with Crippen molar-refractivity contribution >= 4 is 29.3 Å². The highest BCUT2D eigenvalue weighted by Gasteiger charge is 2.16. The second kappa shape index (κ2) is 7.87. The molecule has 0 aliphatic rings. The number of amides is 1. The first-order valence-electron chi connectivity index (χ1n) is 7.79. The third kappa shape index (κ3) is 3.94. The molecule has 2 heterocycles. The molecule has 1 N–H and O–H groups in total. The van der Waals surface area contributed by atoms with E-state index in [2.05, 4.69) is 15.5 Å². The smallest absolute Gasteiger partial charge is 0.234 e. The summed E-state index contributed by atoms with van der Waals surface area (Å²) < 4.78 is 7.20. The number of aromatic nitrogens is 3. The monoisotopic (exact) mass is 371 g/mol. The van der Waals surface area contributed by atoms with E-state index in [1.54, 1.807) is 24.5 Å². The number of furan rings is 1. The summed E-state index contributed by atoms with van der Waals surface area (Å²) in [7, 11) is 0. The Hall–Kier alpha value is -3.07. The van der Waals surface area contributed by atoms with Gasteiger partial charge in [-0.25, -0.2) is 0 Å². The average Bonchev–Trinajstić information content (AvgIpc) is 3.29. The highest BCUT2D eigenvalue weighted by molar-refractivity contribution is 7.99. The van der Waals surface area contributed by atoms with Gasteiger partial charge in [0.05, 0.1) is 18.0 Å². The molecule has 0 radical (unpaired) electrons. The van der Waals surface area contributed by atoms with Crippen molar-refractivity contribution in [2.45, 2.75) is 18.6 Å². The lowest BCUT2D eigenvalue weighted by atomic mass is 10.2. The summed E-state index contributed by atoms with van der Waals surface area (Å²) in [6, 6.07) is 9.46. The lowest BCUT2D eigenvalue weighted by molar-refractivity contribution is -0.255. The van der Waals surface area contributed by atoms with Crippen LogP contribution in [0, 0.1) is 0 Å². The first kappa shape index (κ1) is 17.7. The molecule has 0 saturated carbocycles. The molecule has 3 rings (SSSR count). The van der Waals surface area contributed by atoms with E-state index in [-0.39, 0.29) is 17.2 Å². The number of aromatic carboxylic acids is 1. The number of nitrogens with zero attached hydrogens (tertiary/aromatic N) is 3. The standard InChI is InChI=1S/C17H16N4O4S/c1-2-21-15(13-7-4-8-25-13)19-20-17(21)26-10-14(22)18-12-6-3-5-11(9-12)16(23)24/h3-9H,2,10H2,1H3,(H,18,22)(H,23,24)/p-1. The fourth-order valence-corrected chi connectivity index (χ4v) is 3.12. The van der Waals surface area contributed by atoms with Gasteiger partial charge in [0.15, 0.2) is 16.7 Å². The third-order valence-electron chi connectivity index (χ3n) is 3.49. The molecule has 0 saturated heterocycles. The van der Waals surface area contributed by atoms with Gasteiger partial charge < -0.3 is 19.6 Å². The molecule has 0 bridgehead atoms. The fourth-order valence-electron chi connectivity index (χ4n) is 2.32. The van der Waals surface area contributed by atoms with E-state index in [9.17, 15) is 14.7 Å². The third-order valence-corrected chi connectivity index (χ3v) is 4.46. The van der Waals surface area contributed by atoms with Crippen molar-refractivity contribution in [1.29, 1.82) is 0 Å². The van der Waals surface area contributed by atoms with E-state index < -0.39 is 5.97 Å². The van der Waals surface area contributed by atoms with Crippen molar-refractivity contribution in [3.63, 3.8) is 0 Å². The SMILES string of the molecule is CCn1c(SCC(=O)Nc2cccc(C(=O)[O-])c2)nnc1-c1ccco1. The van der Waals surface area contributed by atoms with E-state index in [1.165, 1.54) is 30.0 Å². The molecule has 1 aromatic carbocycles. The van der Waals surface area contributed by atoms with Gasteiger partial charge in [-0.15, -0.1) is 10.2 Å². The topological polar surface area (TPSA) is 113 Å². The van der Waals surface area contributed by atoms with Crippen LogP contribution < -0.4 is 10.4 Å². The Labute approximate surface area is 153 Å². The molecule has 0 unspecified atom stereocenters. The first-order chi connectivity index (χ1) is 12.6. The number of hydrogen-bond donors (Lipinski definition) is 1. The van der Waals surface area contributed by atoms with Crippen molar-refractivity contribution < 1.29 is 19.1 Å². The van der Waals surface area contributed by atoms with E-state index in [4.69, 9.17) is 4.42 Å². The largest absolute Gasteiger partial charge is 0.545 e. The summed E-state index contributed by atoms with van der Waals surface area (Å²) in [4.78, 5) is 23.0. The number of carboxylic acid groups (broad SMARTS) is 1. The van der Waals surface area contributed by atoms with Crippen LogP contribution in [0.25, 0.3) is 11.6 Å². The van der Waals surface area contributed by atoms with Crippen molar-refractivity contribution in [2.24, 2.45) is 0 Å². The van der Waals surface area contributed by atoms with E-state index >= 15 is 0 Å². The number of nitrogens with one attached hydrogen (secondary N) is 1. The summed E-state index contributed by atoms with van der Waals surface area (Å²) in [5, 5.41) is 22.3. The van der Waals surface area contributed by atoms with Gasteiger partial charge in [-0.2, -0.15) is 0 Å². The molecule has 3 aromatic rings. The predicted octanol–water partition coefficient (Wildman–Crippen LogP) is 1.65. The van der Waals surface area contributed by atoms with Crippen LogP contribution in [0.3, 0.4) is 0 Å². The maximum Gasteiger partial charge on any atom is 0.234 e. The quantitative estimate of drug-likeness (QED) is 0.628. The minimum atomic E-state index is -1.29. The zero-order chi connectivity index (χ0) is 18.5. The van der Waals surface area contributed by atoms with E-state index in [1.807, 2.05) is 11.5 Å². The fraction of sp³-hybridized carbons (Fsp3) is 0.176. The van der Waals surface area contributed by atoms with Gasteiger partial charge in [-0.3, -0.25) is 9.36 Å². The molecule has 2 aromatic heterocycles. The number of carboxylic acids is 1. The van der Waals surface area contributed by atoms with Gasteiger partial charge in [0.2, 0.25) is 5.91 Å². The van der Waals surface area contributed by atoms with Crippen LogP contribution in [-0.4, -0.2) is 32.4 Å². The lowest BCUT2D eigenvalue weighted by Gasteiger charge is -2.08. The average molecular weight is 371 g/mol. The van der Waals surface area contributed by atoms with Crippen LogP contribution in [0.1, 0.15) is 17.3 Å². The van der Waals surface area contributed by atoms with Crippen molar-refractivity contribution in [2.75, 3.05) is 11.1 Å². The molecule has 1 amide bonds. The van der Waals surface area contributed by atoms with Crippen LogP contribution in [-0.2, 0) is 11.3 Å². The lowest BCUT2D eigenvalue weighted by Crippen LogP contribution is -2.22. The Morgan fingerprint density at radius 2 is 2.12 bits per heavy atom. The minimum Gasteiger partial charge on any atom is -0.545 e. The first-order valence-corrected chi connectivity index (χ1v) is 8.78. The number of carbonyl (C=O) groups excluding carboxylic acids is 2. The molecule has 0 aliphatic heterocycles. The molecular formula is C17H15N4O4S-. The zero-order valence-electron chi connectivity index (χ0n) is 13.8. The Bertz CT molecular complexity index is 921. The second-order valence-electron chi connectivity index (χ2n) is 5.23. The molecule has 8 nitrogen and oxygen atoms in total. The highest BCUT2D eigenvalue weighted by atomic mass is 32.2.